The van der Waals surface area contributed by atoms with Gasteiger partial charge < -0.3 is 0 Å². The lowest BCUT2D eigenvalue weighted by Crippen LogP contribution is -2.18. The number of hydrogen-bond donors (Lipinski definition) is 1. The third-order valence-corrected chi connectivity index (χ3v) is 4.77. The summed E-state index contributed by atoms with van der Waals surface area (Å²) < 4.78 is 1.91. The summed E-state index contributed by atoms with van der Waals surface area (Å²) in [5, 5.41) is 12.1. The summed E-state index contributed by atoms with van der Waals surface area (Å²) in [6, 6.07) is 15.9. The molecule has 0 atom stereocenters. The Kier molecular flexibility index (Phi) is 3.59. The normalized spacial score (nSPS) is 13.2. The number of aryl methyl sites for hydroxylation is 1. The van der Waals surface area contributed by atoms with Crippen molar-refractivity contribution in [1.29, 1.82) is 0 Å². The van der Waals surface area contributed by atoms with Crippen LogP contribution in [0.5, 0.6) is 0 Å². The van der Waals surface area contributed by atoms with Gasteiger partial charge in [-0.1, -0.05) is 47.6 Å². The molecule has 0 bridgehead atoms. The van der Waals surface area contributed by atoms with Crippen LogP contribution >= 0.6 is 23.4 Å². The minimum absolute atomic E-state index is 0.704. The number of aromatic nitrogens is 3. The van der Waals surface area contributed by atoms with E-state index in [4.69, 9.17) is 11.6 Å². The fourth-order valence-corrected chi connectivity index (χ4v) is 3.34. The van der Waals surface area contributed by atoms with Gasteiger partial charge in [-0.3, -0.25) is 5.43 Å². The molecule has 0 saturated carbocycles. The van der Waals surface area contributed by atoms with Gasteiger partial charge in [0.05, 0.1) is 5.70 Å². The molecule has 1 aromatic heterocycles. The van der Waals surface area contributed by atoms with E-state index in [0.717, 1.165) is 22.2 Å². The van der Waals surface area contributed by atoms with Gasteiger partial charge in [-0.15, -0.1) is 10.2 Å². The Balaban J connectivity index is 1.73. The van der Waals surface area contributed by atoms with Gasteiger partial charge in [0.1, 0.15) is 0 Å². The standard InChI is InChI=1S/C17H13ClN4S/c1-11-4-2-3-5-14(11)15-10-23-17-20-19-16(22(17)21-15)12-6-8-13(18)9-7-12/h2-10,21H,1H3. The van der Waals surface area contributed by atoms with E-state index in [1.54, 1.807) is 11.8 Å². The van der Waals surface area contributed by atoms with Gasteiger partial charge in [-0.2, -0.15) is 0 Å². The van der Waals surface area contributed by atoms with Crippen LogP contribution in [0.15, 0.2) is 59.1 Å². The molecule has 1 aliphatic heterocycles. The van der Waals surface area contributed by atoms with E-state index in [1.807, 2.05) is 41.1 Å². The van der Waals surface area contributed by atoms with Crippen molar-refractivity contribution in [2.24, 2.45) is 0 Å². The fraction of sp³-hybridized carbons (Fsp3) is 0.0588. The second kappa shape index (κ2) is 5.76. The third kappa shape index (κ3) is 2.62. The largest absolute Gasteiger partial charge is 0.289 e. The monoisotopic (exact) mass is 340 g/mol. The highest BCUT2D eigenvalue weighted by Crippen LogP contribution is 2.32. The Bertz CT molecular complexity index is 899. The van der Waals surface area contributed by atoms with Crippen LogP contribution in [0.2, 0.25) is 5.02 Å². The first-order valence-corrected chi connectivity index (χ1v) is 8.39. The molecule has 4 nitrogen and oxygen atoms in total. The molecular formula is C17H13ClN4S. The molecule has 2 aromatic carbocycles. The highest BCUT2D eigenvalue weighted by atomic mass is 35.5. The number of nitrogens with zero attached hydrogens (tertiary/aromatic N) is 3. The molecule has 4 rings (SSSR count). The number of benzene rings is 2. The van der Waals surface area contributed by atoms with E-state index < -0.39 is 0 Å². The first kappa shape index (κ1) is 14.4. The van der Waals surface area contributed by atoms with Crippen LogP contribution in [0, 0.1) is 6.92 Å². The zero-order chi connectivity index (χ0) is 15.8. The van der Waals surface area contributed by atoms with Gasteiger partial charge in [-0.25, -0.2) is 4.68 Å². The Labute approximate surface area is 143 Å². The van der Waals surface area contributed by atoms with Gasteiger partial charge in [0, 0.05) is 21.6 Å². The highest BCUT2D eigenvalue weighted by molar-refractivity contribution is 8.02. The molecule has 0 fully saturated rings. The van der Waals surface area contributed by atoms with Crippen molar-refractivity contribution in [2.45, 2.75) is 12.1 Å². The summed E-state index contributed by atoms with van der Waals surface area (Å²) in [7, 11) is 0. The minimum Gasteiger partial charge on any atom is -0.289 e. The molecule has 1 N–H and O–H groups in total. The number of nitrogens with one attached hydrogen (secondary N) is 1. The van der Waals surface area contributed by atoms with E-state index in [0.29, 0.717) is 5.02 Å². The summed E-state index contributed by atoms with van der Waals surface area (Å²) in [6.07, 6.45) is 0. The average molecular weight is 341 g/mol. The van der Waals surface area contributed by atoms with E-state index >= 15 is 0 Å². The highest BCUT2D eigenvalue weighted by Gasteiger charge is 2.20. The number of fused-ring (bicyclic) bond motifs is 1. The van der Waals surface area contributed by atoms with Crippen molar-refractivity contribution in [2.75, 3.05) is 5.43 Å². The minimum atomic E-state index is 0.704. The Morgan fingerprint density at radius 2 is 1.83 bits per heavy atom. The fourth-order valence-electron chi connectivity index (χ4n) is 2.49. The molecule has 0 amide bonds. The van der Waals surface area contributed by atoms with E-state index in [-0.39, 0.29) is 0 Å². The van der Waals surface area contributed by atoms with Gasteiger partial charge in [-0.05, 0) is 36.8 Å². The predicted octanol–water partition coefficient (Wildman–Crippen LogP) is 4.55. The average Bonchev–Trinajstić information content (AvgIpc) is 2.99. The maximum atomic E-state index is 5.97. The van der Waals surface area contributed by atoms with Crippen LogP contribution in [0.25, 0.3) is 17.1 Å². The zero-order valence-corrected chi connectivity index (χ0v) is 13.9. The summed E-state index contributed by atoms with van der Waals surface area (Å²) in [4.78, 5) is 0. The first-order valence-electron chi connectivity index (χ1n) is 7.13. The lowest BCUT2D eigenvalue weighted by Gasteiger charge is -2.20. The SMILES string of the molecule is Cc1ccccc1C1=CSc2nnc(-c3ccc(Cl)cc3)n2N1. The van der Waals surface area contributed by atoms with Crippen molar-refractivity contribution in [3.05, 3.63) is 70.1 Å². The number of thioether (sulfide) groups is 1. The van der Waals surface area contributed by atoms with Crippen molar-refractivity contribution < 1.29 is 0 Å². The second-order valence-corrected chi connectivity index (χ2v) is 6.50. The molecule has 0 unspecified atom stereocenters. The maximum absolute atomic E-state index is 5.97. The van der Waals surface area contributed by atoms with Crippen LogP contribution in [0.4, 0.5) is 0 Å². The van der Waals surface area contributed by atoms with Crippen LogP contribution in [0.1, 0.15) is 11.1 Å². The summed E-state index contributed by atoms with van der Waals surface area (Å²) in [6.45, 7) is 2.10. The molecule has 0 aliphatic carbocycles. The molecule has 114 valence electrons. The Morgan fingerprint density at radius 1 is 1.04 bits per heavy atom. The van der Waals surface area contributed by atoms with Crippen LogP contribution in [-0.2, 0) is 0 Å². The van der Waals surface area contributed by atoms with Crippen molar-refractivity contribution in [1.82, 2.24) is 14.9 Å². The summed E-state index contributed by atoms with van der Waals surface area (Å²) >= 11 is 7.52. The quantitative estimate of drug-likeness (QED) is 0.743. The third-order valence-electron chi connectivity index (χ3n) is 3.69. The maximum Gasteiger partial charge on any atom is 0.214 e. The molecule has 0 radical (unpaired) electrons. The molecule has 23 heavy (non-hydrogen) atoms. The number of halogens is 1. The molecule has 0 saturated heterocycles. The summed E-state index contributed by atoms with van der Waals surface area (Å²) in [5.41, 5.74) is 7.80. The number of rotatable bonds is 2. The van der Waals surface area contributed by atoms with E-state index in [2.05, 4.69) is 40.1 Å². The molecule has 0 spiro atoms. The topological polar surface area (TPSA) is 42.7 Å². The molecule has 1 aliphatic rings. The first-order chi connectivity index (χ1) is 11.2. The lowest BCUT2D eigenvalue weighted by atomic mass is 10.1. The second-order valence-electron chi connectivity index (χ2n) is 5.22. The lowest BCUT2D eigenvalue weighted by molar-refractivity contribution is 0.825. The molecule has 6 heteroatoms. The van der Waals surface area contributed by atoms with Crippen LogP contribution in [-0.4, -0.2) is 14.9 Å². The van der Waals surface area contributed by atoms with Crippen molar-refractivity contribution in [3.8, 4) is 11.4 Å². The number of hydrogen-bond acceptors (Lipinski definition) is 4. The summed E-state index contributed by atoms with van der Waals surface area (Å²) in [5.74, 6) is 0.767. The molecule has 2 heterocycles. The zero-order valence-electron chi connectivity index (χ0n) is 12.3. The van der Waals surface area contributed by atoms with Crippen LogP contribution < -0.4 is 5.43 Å². The smallest absolute Gasteiger partial charge is 0.214 e. The van der Waals surface area contributed by atoms with E-state index in [1.165, 1.54) is 11.1 Å². The molecular weight excluding hydrogens is 328 g/mol. The molecule has 3 aromatic rings. The van der Waals surface area contributed by atoms with Gasteiger partial charge in [0.2, 0.25) is 5.16 Å². The Hall–Kier alpha value is -2.24. The van der Waals surface area contributed by atoms with Gasteiger partial charge in [0.25, 0.3) is 0 Å². The Morgan fingerprint density at radius 3 is 2.61 bits per heavy atom. The van der Waals surface area contributed by atoms with Crippen LogP contribution in [0.3, 0.4) is 0 Å². The van der Waals surface area contributed by atoms with E-state index in [9.17, 15) is 0 Å². The van der Waals surface area contributed by atoms with Crippen molar-refractivity contribution >= 4 is 29.1 Å². The van der Waals surface area contributed by atoms with Crippen molar-refractivity contribution in [3.63, 3.8) is 0 Å². The predicted molar refractivity (Wildman–Crippen MR) is 94.8 cm³/mol. The van der Waals surface area contributed by atoms with Gasteiger partial charge >= 0.3 is 0 Å². The van der Waals surface area contributed by atoms with Gasteiger partial charge in [0.15, 0.2) is 5.82 Å².